The highest BCUT2D eigenvalue weighted by molar-refractivity contribution is 4.89. The third-order valence-electron chi connectivity index (χ3n) is 1.15. The molecule has 1 saturated heterocycles. The molecule has 0 aliphatic carbocycles. The van der Waals surface area contributed by atoms with Crippen molar-refractivity contribution in [3.8, 4) is 0 Å². The quantitative estimate of drug-likeness (QED) is 0.402. The van der Waals surface area contributed by atoms with Crippen LogP contribution in [0.15, 0.2) is 12.3 Å². The van der Waals surface area contributed by atoms with Crippen molar-refractivity contribution in [1.29, 1.82) is 0 Å². The molecule has 0 N–H and O–H groups in total. The van der Waals surface area contributed by atoms with E-state index in [1.54, 1.807) is 7.11 Å². The van der Waals surface area contributed by atoms with E-state index < -0.39 is 0 Å². The van der Waals surface area contributed by atoms with Gasteiger partial charge in [-0.05, 0) is 0 Å². The van der Waals surface area contributed by atoms with E-state index in [0.717, 1.165) is 18.8 Å². The van der Waals surface area contributed by atoms with Crippen molar-refractivity contribution in [3.05, 3.63) is 12.3 Å². The summed E-state index contributed by atoms with van der Waals surface area (Å²) in [5.41, 5.74) is 0. The van der Waals surface area contributed by atoms with Crippen molar-refractivity contribution in [2.75, 3.05) is 13.7 Å². The second-order valence-corrected chi connectivity index (χ2v) is 1.90. The molecule has 1 fully saturated rings. The van der Waals surface area contributed by atoms with Crippen LogP contribution in [0.4, 0.5) is 0 Å². The number of methoxy groups -OCH3 is 1. The van der Waals surface area contributed by atoms with Crippen LogP contribution in [0.25, 0.3) is 0 Å². The van der Waals surface area contributed by atoms with Crippen LogP contribution in [0.2, 0.25) is 0 Å². The zero-order valence-electron chi connectivity index (χ0n) is 5.02. The highest BCUT2D eigenvalue weighted by atomic mass is 16.6. The summed E-state index contributed by atoms with van der Waals surface area (Å²) in [7, 11) is 1.63. The molecular weight excluding hydrogens is 104 g/mol. The maximum Gasteiger partial charge on any atom is 0.0910 e. The first-order valence-corrected chi connectivity index (χ1v) is 2.66. The monoisotopic (exact) mass is 114 g/mol. The Kier molecular flexibility index (Phi) is 1.53. The first-order valence-electron chi connectivity index (χ1n) is 2.66. The van der Waals surface area contributed by atoms with E-state index in [-0.39, 0.29) is 0 Å². The minimum absolute atomic E-state index is 0.405. The number of ether oxygens (including phenoxy) is 2. The van der Waals surface area contributed by atoms with E-state index in [1.807, 2.05) is 0 Å². The third-order valence-corrected chi connectivity index (χ3v) is 1.15. The summed E-state index contributed by atoms with van der Waals surface area (Å²) < 4.78 is 9.77. The molecule has 0 radical (unpaired) electrons. The normalized spacial score (nSPS) is 24.9. The van der Waals surface area contributed by atoms with Gasteiger partial charge in [-0.15, -0.1) is 0 Å². The minimum Gasteiger partial charge on any atom is -0.502 e. The molecule has 0 amide bonds. The van der Waals surface area contributed by atoms with Crippen LogP contribution in [0, 0.1) is 0 Å². The van der Waals surface area contributed by atoms with Crippen molar-refractivity contribution in [2.45, 2.75) is 12.5 Å². The van der Waals surface area contributed by atoms with Crippen molar-refractivity contribution in [2.24, 2.45) is 0 Å². The molecule has 1 heterocycles. The molecule has 46 valence electrons. The van der Waals surface area contributed by atoms with Crippen LogP contribution in [-0.2, 0) is 9.47 Å². The Labute approximate surface area is 49.1 Å². The molecule has 1 unspecified atom stereocenters. The average Bonchev–Trinajstić information content (AvgIpc) is 2.50. The predicted octanol–water partition coefficient (Wildman–Crippen LogP) is 0.935. The maximum atomic E-state index is 4.94. The molecule has 0 spiro atoms. The Bertz CT molecular complexity index is 94.7. The first kappa shape index (κ1) is 5.63. The second kappa shape index (κ2) is 2.18. The highest BCUT2D eigenvalue weighted by Crippen LogP contribution is 2.17. The van der Waals surface area contributed by atoms with Crippen LogP contribution in [0.5, 0.6) is 0 Å². The first-order chi connectivity index (χ1) is 3.83. The molecule has 1 aliphatic heterocycles. The summed E-state index contributed by atoms with van der Waals surface area (Å²) in [6.07, 6.45) is 1.26. The van der Waals surface area contributed by atoms with Gasteiger partial charge in [0.2, 0.25) is 0 Å². The van der Waals surface area contributed by atoms with Crippen LogP contribution < -0.4 is 0 Å². The fourth-order valence-corrected chi connectivity index (χ4v) is 0.523. The van der Waals surface area contributed by atoms with E-state index in [2.05, 4.69) is 6.58 Å². The van der Waals surface area contributed by atoms with Crippen LogP contribution in [0.1, 0.15) is 6.42 Å². The highest BCUT2D eigenvalue weighted by Gasteiger charge is 2.23. The summed E-state index contributed by atoms with van der Waals surface area (Å²) in [5.74, 6) is 0.813. The molecule has 1 aliphatic rings. The van der Waals surface area contributed by atoms with Crippen LogP contribution in [0.3, 0.4) is 0 Å². The van der Waals surface area contributed by atoms with E-state index in [1.165, 1.54) is 0 Å². The largest absolute Gasteiger partial charge is 0.502 e. The van der Waals surface area contributed by atoms with Gasteiger partial charge in [-0.1, -0.05) is 6.58 Å². The lowest BCUT2D eigenvalue weighted by atomic mass is 10.3. The molecule has 0 bridgehead atoms. The van der Waals surface area contributed by atoms with Gasteiger partial charge in [0.15, 0.2) is 0 Å². The zero-order valence-corrected chi connectivity index (χ0v) is 5.02. The Morgan fingerprint density at radius 2 is 2.62 bits per heavy atom. The lowest BCUT2D eigenvalue weighted by Crippen LogP contribution is -1.89. The lowest BCUT2D eigenvalue weighted by Gasteiger charge is -1.97. The average molecular weight is 114 g/mol. The second-order valence-electron chi connectivity index (χ2n) is 1.90. The molecule has 2 heteroatoms. The minimum atomic E-state index is 0.405. The fraction of sp³-hybridized carbons (Fsp3) is 0.667. The molecule has 1 rings (SSSR count). The number of epoxide rings is 1. The van der Waals surface area contributed by atoms with Crippen molar-refractivity contribution in [1.82, 2.24) is 0 Å². The molecule has 1 atom stereocenters. The maximum absolute atomic E-state index is 4.94. The molecule has 0 aromatic carbocycles. The van der Waals surface area contributed by atoms with E-state index >= 15 is 0 Å². The van der Waals surface area contributed by atoms with Crippen LogP contribution >= 0.6 is 0 Å². The van der Waals surface area contributed by atoms with Crippen molar-refractivity contribution < 1.29 is 9.47 Å². The lowest BCUT2D eigenvalue weighted by molar-refractivity contribution is 0.265. The smallest absolute Gasteiger partial charge is 0.0910 e. The van der Waals surface area contributed by atoms with E-state index in [9.17, 15) is 0 Å². The Balaban J connectivity index is 2.07. The van der Waals surface area contributed by atoms with Crippen molar-refractivity contribution >= 4 is 0 Å². The van der Waals surface area contributed by atoms with Gasteiger partial charge in [0.05, 0.1) is 25.6 Å². The fourth-order valence-electron chi connectivity index (χ4n) is 0.523. The Morgan fingerprint density at radius 3 is 3.00 bits per heavy atom. The SMILES string of the molecule is C=C(CC1CO1)OC. The van der Waals surface area contributed by atoms with Crippen LogP contribution in [-0.4, -0.2) is 19.8 Å². The molecular formula is C6H10O2. The number of hydrogen-bond donors (Lipinski definition) is 0. The van der Waals surface area contributed by atoms with Gasteiger partial charge < -0.3 is 9.47 Å². The molecule has 8 heavy (non-hydrogen) atoms. The van der Waals surface area contributed by atoms with Crippen molar-refractivity contribution in [3.63, 3.8) is 0 Å². The summed E-state index contributed by atoms with van der Waals surface area (Å²) in [5, 5.41) is 0. The topological polar surface area (TPSA) is 21.8 Å². The third kappa shape index (κ3) is 1.54. The van der Waals surface area contributed by atoms with Gasteiger partial charge in [0.1, 0.15) is 0 Å². The van der Waals surface area contributed by atoms with Gasteiger partial charge >= 0.3 is 0 Å². The van der Waals surface area contributed by atoms with E-state index in [4.69, 9.17) is 9.47 Å². The predicted molar refractivity (Wildman–Crippen MR) is 30.5 cm³/mol. The Morgan fingerprint density at radius 1 is 2.00 bits per heavy atom. The molecule has 2 nitrogen and oxygen atoms in total. The van der Waals surface area contributed by atoms with Gasteiger partial charge in [-0.3, -0.25) is 0 Å². The Hall–Kier alpha value is -0.500. The standard InChI is InChI=1S/C6H10O2/c1-5(7-2)3-6-4-8-6/h6H,1,3-4H2,2H3. The molecule has 0 saturated carbocycles. The summed E-state index contributed by atoms with van der Waals surface area (Å²) in [6.45, 7) is 4.53. The van der Waals surface area contributed by atoms with Gasteiger partial charge in [0.25, 0.3) is 0 Å². The number of hydrogen-bond acceptors (Lipinski definition) is 2. The van der Waals surface area contributed by atoms with Gasteiger partial charge in [0, 0.05) is 6.42 Å². The van der Waals surface area contributed by atoms with Gasteiger partial charge in [-0.2, -0.15) is 0 Å². The zero-order chi connectivity index (χ0) is 5.98. The molecule has 0 aromatic heterocycles. The summed E-state index contributed by atoms with van der Waals surface area (Å²) in [4.78, 5) is 0. The summed E-state index contributed by atoms with van der Waals surface area (Å²) in [6, 6.07) is 0. The number of rotatable bonds is 3. The van der Waals surface area contributed by atoms with E-state index in [0.29, 0.717) is 6.10 Å². The van der Waals surface area contributed by atoms with Gasteiger partial charge in [-0.25, -0.2) is 0 Å². The molecule has 0 aromatic rings. The summed E-state index contributed by atoms with van der Waals surface area (Å²) >= 11 is 0.